The summed E-state index contributed by atoms with van der Waals surface area (Å²) in [7, 11) is 0. The van der Waals surface area contributed by atoms with Crippen molar-refractivity contribution in [3.63, 3.8) is 0 Å². The van der Waals surface area contributed by atoms with Gasteiger partial charge < -0.3 is 0 Å². The first-order chi connectivity index (χ1) is 4.84. The standard InChI is InChI=1S/C7H14N2S/c1-3-4-5-7-6(2)8-9-10-7/h6-7H,3-5H2,1-2H3. The van der Waals surface area contributed by atoms with E-state index < -0.39 is 0 Å². The van der Waals surface area contributed by atoms with Crippen LogP contribution in [0.2, 0.25) is 0 Å². The molecule has 0 spiro atoms. The van der Waals surface area contributed by atoms with Crippen molar-refractivity contribution in [2.75, 3.05) is 0 Å². The Morgan fingerprint density at radius 1 is 1.50 bits per heavy atom. The quantitative estimate of drug-likeness (QED) is 0.579. The van der Waals surface area contributed by atoms with E-state index in [2.05, 4.69) is 23.5 Å². The van der Waals surface area contributed by atoms with Gasteiger partial charge in [-0.15, -0.1) is 4.52 Å². The van der Waals surface area contributed by atoms with Crippen LogP contribution in [0.3, 0.4) is 0 Å². The van der Waals surface area contributed by atoms with E-state index in [1.807, 2.05) is 0 Å². The second kappa shape index (κ2) is 3.96. The maximum atomic E-state index is 4.06. The Labute approximate surface area is 66.6 Å². The zero-order valence-corrected chi connectivity index (χ0v) is 7.40. The molecule has 2 atom stereocenters. The lowest BCUT2D eigenvalue weighted by atomic mass is 10.1. The first kappa shape index (κ1) is 8.05. The van der Waals surface area contributed by atoms with Crippen molar-refractivity contribution in [1.29, 1.82) is 0 Å². The van der Waals surface area contributed by atoms with Gasteiger partial charge >= 0.3 is 0 Å². The average molecular weight is 158 g/mol. The van der Waals surface area contributed by atoms with E-state index in [0.717, 1.165) is 0 Å². The van der Waals surface area contributed by atoms with E-state index in [4.69, 9.17) is 0 Å². The SMILES string of the molecule is CCCCC1SN=NC1C. The zero-order valence-electron chi connectivity index (χ0n) is 6.58. The normalized spacial score (nSPS) is 31.4. The molecule has 0 amide bonds. The molecule has 1 heterocycles. The van der Waals surface area contributed by atoms with Crippen molar-refractivity contribution in [2.24, 2.45) is 9.63 Å². The fourth-order valence-electron chi connectivity index (χ4n) is 1.02. The van der Waals surface area contributed by atoms with Crippen molar-refractivity contribution in [3.8, 4) is 0 Å². The van der Waals surface area contributed by atoms with E-state index in [-0.39, 0.29) is 0 Å². The summed E-state index contributed by atoms with van der Waals surface area (Å²) in [6.07, 6.45) is 3.87. The molecule has 10 heavy (non-hydrogen) atoms. The molecule has 1 aliphatic rings. The summed E-state index contributed by atoms with van der Waals surface area (Å²) in [5.41, 5.74) is 0. The highest BCUT2D eigenvalue weighted by Crippen LogP contribution is 2.29. The monoisotopic (exact) mass is 158 g/mol. The summed E-state index contributed by atoms with van der Waals surface area (Å²) in [5.74, 6) is 0. The van der Waals surface area contributed by atoms with Crippen LogP contribution in [-0.2, 0) is 0 Å². The number of nitrogens with zero attached hydrogens (tertiary/aromatic N) is 2. The smallest absolute Gasteiger partial charge is 0.0828 e. The Morgan fingerprint density at radius 2 is 2.30 bits per heavy atom. The van der Waals surface area contributed by atoms with E-state index in [1.165, 1.54) is 19.3 Å². The topological polar surface area (TPSA) is 24.7 Å². The third-order valence-corrected chi connectivity index (χ3v) is 2.88. The summed E-state index contributed by atoms with van der Waals surface area (Å²) >= 11 is 1.65. The third-order valence-electron chi connectivity index (χ3n) is 1.79. The predicted octanol–water partition coefficient (Wildman–Crippen LogP) is 3.05. The molecule has 0 aliphatic carbocycles. The molecule has 0 saturated carbocycles. The van der Waals surface area contributed by atoms with Gasteiger partial charge in [-0.1, -0.05) is 19.8 Å². The zero-order chi connectivity index (χ0) is 7.40. The molecule has 0 radical (unpaired) electrons. The Hall–Kier alpha value is -0.0500. The van der Waals surface area contributed by atoms with Gasteiger partial charge in [-0.05, 0) is 13.3 Å². The fraction of sp³-hybridized carbons (Fsp3) is 1.00. The summed E-state index contributed by atoms with van der Waals surface area (Å²) < 4.78 is 3.94. The number of hydrogen-bond acceptors (Lipinski definition) is 3. The van der Waals surface area contributed by atoms with Crippen LogP contribution in [0, 0.1) is 0 Å². The van der Waals surface area contributed by atoms with Crippen LogP contribution in [0.4, 0.5) is 0 Å². The van der Waals surface area contributed by atoms with Crippen molar-refractivity contribution in [1.82, 2.24) is 0 Å². The van der Waals surface area contributed by atoms with Crippen LogP contribution in [-0.4, -0.2) is 11.3 Å². The number of rotatable bonds is 3. The predicted molar refractivity (Wildman–Crippen MR) is 45.2 cm³/mol. The Morgan fingerprint density at radius 3 is 2.80 bits per heavy atom. The highest BCUT2D eigenvalue weighted by molar-refractivity contribution is 7.98. The van der Waals surface area contributed by atoms with Crippen LogP contribution in [0.5, 0.6) is 0 Å². The lowest BCUT2D eigenvalue weighted by molar-refractivity contribution is 0.612. The molecule has 1 aliphatic heterocycles. The first-order valence-electron chi connectivity index (χ1n) is 3.90. The van der Waals surface area contributed by atoms with Gasteiger partial charge in [-0.2, -0.15) is 5.11 Å². The Kier molecular flexibility index (Phi) is 3.19. The lowest BCUT2D eigenvalue weighted by Crippen LogP contribution is -2.12. The van der Waals surface area contributed by atoms with Gasteiger partial charge in [-0.3, -0.25) is 0 Å². The second-order valence-corrected chi connectivity index (χ2v) is 3.70. The summed E-state index contributed by atoms with van der Waals surface area (Å²) in [6.45, 7) is 4.36. The van der Waals surface area contributed by atoms with Gasteiger partial charge in [0.1, 0.15) is 0 Å². The maximum absolute atomic E-state index is 4.06. The van der Waals surface area contributed by atoms with Gasteiger partial charge in [-0.25, -0.2) is 0 Å². The van der Waals surface area contributed by atoms with Crippen LogP contribution in [0.1, 0.15) is 33.1 Å². The maximum Gasteiger partial charge on any atom is 0.0828 e. The van der Waals surface area contributed by atoms with Gasteiger partial charge in [0.25, 0.3) is 0 Å². The van der Waals surface area contributed by atoms with Gasteiger partial charge in [0.15, 0.2) is 0 Å². The Bertz CT molecular complexity index is 125. The molecular formula is C7H14N2S. The molecule has 0 aromatic rings. The van der Waals surface area contributed by atoms with Crippen LogP contribution < -0.4 is 0 Å². The first-order valence-corrected chi connectivity index (χ1v) is 4.74. The molecule has 2 nitrogen and oxygen atoms in total. The van der Waals surface area contributed by atoms with Crippen molar-refractivity contribution >= 4 is 11.9 Å². The van der Waals surface area contributed by atoms with E-state index in [0.29, 0.717) is 11.3 Å². The lowest BCUT2D eigenvalue weighted by Gasteiger charge is -2.08. The van der Waals surface area contributed by atoms with Crippen LogP contribution >= 0.6 is 11.9 Å². The molecule has 3 heteroatoms. The molecule has 0 saturated heterocycles. The van der Waals surface area contributed by atoms with Crippen molar-refractivity contribution in [2.45, 2.75) is 44.4 Å². The highest BCUT2D eigenvalue weighted by atomic mass is 32.2. The summed E-state index contributed by atoms with van der Waals surface area (Å²) in [6, 6.07) is 0.455. The molecule has 0 aromatic heterocycles. The minimum absolute atomic E-state index is 0.455. The van der Waals surface area contributed by atoms with Gasteiger partial charge in [0.05, 0.1) is 11.3 Å². The molecule has 0 aromatic carbocycles. The number of unbranched alkanes of at least 4 members (excludes halogenated alkanes) is 1. The molecular weight excluding hydrogens is 144 g/mol. The third kappa shape index (κ3) is 1.97. The van der Waals surface area contributed by atoms with E-state index in [9.17, 15) is 0 Å². The van der Waals surface area contributed by atoms with Crippen LogP contribution in [0.15, 0.2) is 9.63 Å². The largest absolute Gasteiger partial charge is 0.178 e. The summed E-state index contributed by atoms with van der Waals surface area (Å²) in [5, 5.41) is 4.73. The van der Waals surface area contributed by atoms with Crippen molar-refractivity contribution in [3.05, 3.63) is 0 Å². The molecule has 1 rings (SSSR count). The van der Waals surface area contributed by atoms with Gasteiger partial charge in [0.2, 0.25) is 0 Å². The molecule has 0 fully saturated rings. The van der Waals surface area contributed by atoms with Gasteiger partial charge in [0, 0.05) is 11.9 Å². The average Bonchev–Trinajstić information content (AvgIpc) is 2.31. The van der Waals surface area contributed by atoms with Crippen LogP contribution in [0.25, 0.3) is 0 Å². The highest BCUT2D eigenvalue weighted by Gasteiger charge is 2.21. The Balaban J connectivity index is 2.17. The fourth-order valence-corrected chi connectivity index (χ4v) is 1.85. The molecule has 0 bridgehead atoms. The van der Waals surface area contributed by atoms with Crippen molar-refractivity contribution < 1.29 is 0 Å². The number of hydrogen-bond donors (Lipinski definition) is 0. The minimum atomic E-state index is 0.455. The summed E-state index contributed by atoms with van der Waals surface area (Å²) in [4.78, 5) is 0. The molecule has 58 valence electrons. The molecule has 0 N–H and O–H groups in total. The second-order valence-electron chi connectivity index (χ2n) is 2.72. The van der Waals surface area contributed by atoms with E-state index >= 15 is 0 Å². The molecule has 2 unspecified atom stereocenters. The minimum Gasteiger partial charge on any atom is -0.178 e. The van der Waals surface area contributed by atoms with E-state index in [1.54, 1.807) is 11.9 Å².